The Morgan fingerprint density at radius 3 is 2.88 bits per heavy atom. The topological polar surface area (TPSA) is 63.8 Å². The van der Waals surface area contributed by atoms with E-state index in [1.807, 2.05) is 0 Å². The lowest BCUT2D eigenvalue weighted by atomic mass is 10.1. The quantitative estimate of drug-likeness (QED) is 0.840. The number of nitrogens with one attached hydrogen (secondary N) is 1. The molecular formula is C13H16N4. The molecule has 2 rings (SSSR count). The highest BCUT2D eigenvalue weighted by Crippen LogP contribution is 2.12. The van der Waals surface area contributed by atoms with Crippen LogP contribution in [0.5, 0.6) is 0 Å². The van der Waals surface area contributed by atoms with Gasteiger partial charge in [-0.15, -0.1) is 0 Å². The molecule has 0 saturated heterocycles. The van der Waals surface area contributed by atoms with Gasteiger partial charge in [0.15, 0.2) is 5.82 Å². The number of nitrogens with two attached hydrogens (primary N) is 1. The minimum Gasteiger partial charge on any atom is -0.394 e. The third-order valence-corrected chi connectivity index (χ3v) is 2.69. The van der Waals surface area contributed by atoms with Crippen LogP contribution in [0.25, 0.3) is 0 Å². The molecule has 0 fully saturated rings. The molecule has 0 unspecified atom stereocenters. The fourth-order valence-corrected chi connectivity index (χ4v) is 1.69. The average Bonchev–Trinajstić information content (AvgIpc) is 2.34. The summed E-state index contributed by atoms with van der Waals surface area (Å²) in [6, 6.07) is 8.37. The molecule has 0 aliphatic carbocycles. The Balaban J connectivity index is 1.93. The molecule has 1 aromatic heterocycles. The molecule has 0 aliphatic heterocycles. The molecular weight excluding hydrogens is 212 g/mol. The Morgan fingerprint density at radius 2 is 2.12 bits per heavy atom. The maximum Gasteiger partial charge on any atom is 0.152 e. The number of benzene rings is 1. The third-order valence-electron chi connectivity index (χ3n) is 2.69. The van der Waals surface area contributed by atoms with Crippen molar-refractivity contribution in [3.05, 3.63) is 47.9 Å². The molecule has 3 N–H and O–H groups in total. The first-order valence-electron chi connectivity index (χ1n) is 5.61. The molecule has 0 saturated carbocycles. The lowest BCUT2D eigenvalue weighted by Gasteiger charge is -2.08. The minimum atomic E-state index is 0.581. The second-order valence-electron chi connectivity index (χ2n) is 3.93. The number of nitrogen functional groups attached to an aromatic ring is 1. The molecule has 17 heavy (non-hydrogen) atoms. The van der Waals surface area contributed by atoms with Crippen molar-refractivity contribution in [2.24, 2.45) is 0 Å². The van der Waals surface area contributed by atoms with Gasteiger partial charge >= 0.3 is 0 Å². The summed E-state index contributed by atoms with van der Waals surface area (Å²) >= 11 is 0. The summed E-state index contributed by atoms with van der Waals surface area (Å²) < 4.78 is 0. The summed E-state index contributed by atoms with van der Waals surface area (Å²) in [6.07, 6.45) is 4.05. The number of aryl methyl sites for hydroxylation is 1. The number of hydrogen-bond acceptors (Lipinski definition) is 4. The number of aromatic nitrogens is 2. The van der Waals surface area contributed by atoms with Gasteiger partial charge in [0, 0.05) is 6.54 Å². The fourth-order valence-electron chi connectivity index (χ4n) is 1.69. The highest BCUT2D eigenvalue weighted by Gasteiger charge is 2.00. The maximum atomic E-state index is 5.74. The molecule has 2 aromatic rings. The molecule has 0 spiro atoms. The summed E-state index contributed by atoms with van der Waals surface area (Å²) in [5.41, 5.74) is 8.97. The number of nitrogens with zero attached hydrogens (tertiary/aromatic N) is 2. The lowest BCUT2D eigenvalue weighted by molar-refractivity contribution is 0.989. The third kappa shape index (κ3) is 2.93. The zero-order valence-electron chi connectivity index (χ0n) is 9.85. The first kappa shape index (κ1) is 11.4. The van der Waals surface area contributed by atoms with E-state index in [2.05, 4.69) is 46.5 Å². The Bertz CT molecular complexity index is 451. The highest BCUT2D eigenvalue weighted by molar-refractivity contribution is 5.58. The van der Waals surface area contributed by atoms with Crippen LogP contribution in [0.1, 0.15) is 11.1 Å². The fraction of sp³-hybridized carbons (Fsp3) is 0.231. The van der Waals surface area contributed by atoms with E-state index in [1.54, 1.807) is 6.20 Å². The van der Waals surface area contributed by atoms with Gasteiger partial charge in [0.05, 0.1) is 11.9 Å². The largest absolute Gasteiger partial charge is 0.394 e. The van der Waals surface area contributed by atoms with Crippen LogP contribution in [-0.2, 0) is 6.42 Å². The van der Waals surface area contributed by atoms with Gasteiger partial charge in [-0.25, -0.2) is 9.97 Å². The van der Waals surface area contributed by atoms with E-state index in [1.165, 1.54) is 17.5 Å². The normalized spacial score (nSPS) is 10.2. The minimum absolute atomic E-state index is 0.581. The Kier molecular flexibility index (Phi) is 3.55. The van der Waals surface area contributed by atoms with Gasteiger partial charge in [-0.3, -0.25) is 0 Å². The van der Waals surface area contributed by atoms with Crippen LogP contribution in [0.3, 0.4) is 0 Å². The second-order valence-corrected chi connectivity index (χ2v) is 3.93. The van der Waals surface area contributed by atoms with Gasteiger partial charge in [0.25, 0.3) is 0 Å². The number of anilines is 2. The van der Waals surface area contributed by atoms with E-state index in [9.17, 15) is 0 Å². The van der Waals surface area contributed by atoms with Crippen molar-refractivity contribution in [1.82, 2.24) is 9.97 Å². The van der Waals surface area contributed by atoms with Crippen LogP contribution >= 0.6 is 0 Å². The van der Waals surface area contributed by atoms with Crippen molar-refractivity contribution in [3.8, 4) is 0 Å². The van der Waals surface area contributed by atoms with Crippen molar-refractivity contribution < 1.29 is 0 Å². The van der Waals surface area contributed by atoms with E-state index in [-0.39, 0.29) is 0 Å². The molecule has 4 heteroatoms. The van der Waals surface area contributed by atoms with Crippen LogP contribution in [0, 0.1) is 6.92 Å². The van der Waals surface area contributed by atoms with Crippen LogP contribution in [0.2, 0.25) is 0 Å². The standard InChI is InChI=1S/C13H16N4/c1-10-4-2-3-5-11(10)6-7-16-13-12(14)8-15-9-17-13/h2-5,8-9H,6-7,14H2,1H3,(H,15,16,17). The van der Waals surface area contributed by atoms with E-state index in [0.29, 0.717) is 11.5 Å². The molecule has 88 valence electrons. The SMILES string of the molecule is Cc1ccccc1CCNc1ncncc1N. The second kappa shape index (κ2) is 5.30. The predicted octanol–water partition coefficient (Wildman–Crippen LogP) is 2.02. The first-order chi connectivity index (χ1) is 8.27. The van der Waals surface area contributed by atoms with Crippen molar-refractivity contribution in [2.45, 2.75) is 13.3 Å². The number of hydrogen-bond donors (Lipinski definition) is 2. The average molecular weight is 228 g/mol. The molecule has 1 aromatic carbocycles. The van der Waals surface area contributed by atoms with Gasteiger partial charge in [0.1, 0.15) is 6.33 Å². The Labute approximate surface area is 101 Å². The van der Waals surface area contributed by atoms with E-state index in [4.69, 9.17) is 5.73 Å². The van der Waals surface area contributed by atoms with E-state index in [0.717, 1.165) is 13.0 Å². The van der Waals surface area contributed by atoms with Gasteiger partial charge in [-0.2, -0.15) is 0 Å². The monoisotopic (exact) mass is 228 g/mol. The van der Waals surface area contributed by atoms with E-state index >= 15 is 0 Å². The molecule has 4 nitrogen and oxygen atoms in total. The van der Waals surface area contributed by atoms with Crippen molar-refractivity contribution >= 4 is 11.5 Å². The zero-order valence-corrected chi connectivity index (χ0v) is 9.85. The molecule has 0 amide bonds. The van der Waals surface area contributed by atoms with Crippen molar-refractivity contribution in [2.75, 3.05) is 17.6 Å². The van der Waals surface area contributed by atoms with Crippen LogP contribution in [0.15, 0.2) is 36.8 Å². The summed E-state index contributed by atoms with van der Waals surface area (Å²) in [6.45, 7) is 2.93. The Hall–Kier alpha value is -2.10. The summed E-state index contributed by atoms with van der Waals surface area (Å²) in [7, 11) is 0. The number of rotatable bonds is 4. The zero-order chi connectivity index (χ0) is 12.1. The van der Waals surface area contributed by atoms with Crippen molar-refractivity contribution in [3.63, 3.8) is 0 Å². The van der Waals surface area contributed by atoms with Gasteiger partial charge in [0.2, 0.25) is 0 Å². The Morgan fingerprint density at radius 1 is 1.29 bits per heavy atom. The summed E-state index contributed by atoms with van der Waals surface area (Å²) in [5.74, 6) is 0.702. The highest BCUT2D eigenvalue weighted by atomic mass is 15.0. The smallest absolute Gasteiger partial charge is 0.152 e. The molecule has 1 heterocycles. The maximum absolute atomic E-state index is 5.74. The van der Waals surface area contributed by atoms with Crippen LogP contribution < -0.4 is 11.1 Å². The summed E-state index contributed by atoms with van der Waals surface area (Å²) in [5, 5.41) is 3.21. The van der Waals surface area contributed by atoms with Gasteiger partial charge in [-0.1, -0.05) is 24.3 Å². The van der Waals surface area contributed by atoms with Crippen LogP contribution in [-0.4, -0.2) is 16.5 Å². The molecule has 0 radical (unpaired) electrons. The van der Waals surface area contributed by atoms with Crippen LogP contribution in [0.4, 0.5) is 11.5 Å². The molecule has 0 aliphatic rings. The lowest BCUT2D eigenvalue weighted by Crippen LogP contribution is -2.09. The van der Waals surface area contributed by atoms with Crippen molar-refractivity contribution in [1.29, 1.82) is 0 Å². The van der Waals surface area contributed by atoms with Gasteiger partial charge in [-0.05, 0) is 24.5 Å². The van der Waals surface area contributed by atoms with E-state index < -0.39 is 0 Å². The predicted molar refractivity (Wildman–Crippen MR) is 69.8 cm³/mol. The first-order valence-corrected chi connectivity index (χ1v) is 5.61. The van der Waals surface area contributed by atoms with Gasteiger partial charge < -0.3 is 11.1 Å². The molecule has 0 atom stereocenters. The molecule has 0 bridgehead atoms. The summed E-state index contributed by atoms with van der Waals surface area (Å²) in [4.78, 5) is 7.93.